The van der Waals surface area contributed by atoms with E-state index in [0.717, 1.165) is 28.4 Å². The van der Waals surface area contributed by atoms with Crippen LogP contribution < -0.4 is 4.90 Å². The molecule has 0 aliphatic carbocycles. The highest BCUT2D eigenvalue weighted by atomic mass is 32.1. The van der Waals surface area contributed by atoms with Crippen LogP contribution in [0.5, 0.6) is 0 Å². The van der Waals surface area contributed by atoms with E-state index in [-0.39, 0.29) is 0 Å². The van der Waals surface area contributed by atoms with Crippen LogP contribution in [0.1, 0.15) is 0 Å². The van der Waals surface area contributed by atoms with Crippen LogP contribution in [0, 0.1) is 0 Å². The van der Waals surface area contributed by atoms with Crippen molar-refractivity contribution in [1.82, 2.24) is 9.13 Å². The summed E-state index contributed by atoms with van der Waals surface area (Å²) in [7, 11) is 0. The second-order valence-electron chi connectivity index (χ2n) is 15.3. The maximum atomic E-state index is 2.44. The maximum Gasteiger partial charge on any atom is 0.131 e. The lowest BCUT2D eigenvalue weighted by molar-refractivity contribution is 1.07. The van der Waals surface area contributed by atoms with Gasteiger partial charge in [0.15, 0.2) is 0 Å². The van der Waals surface area contributed by atoms with E-state index in [4.69, 9.17) is 0 Å². The van der Waals surface area contributed by atoms with Crippen LogP contribution in [0.3, 0.4) is 0 Å². The Balaban J connectivity index is 1.01. The summed E-state index contributed by atoms with van der Waals surface area (Å²) in [5, 5.41) is 6.33. The van der Waals surface area contributed by atoms with Gasteiger partial charge in [-0.25, -0.2) is 0 Å². The average molecular weight is 784 g/mol. The summed E-state index contributed by atoms with van der Waals surface area (Å²) in [5.74, 6) is 0. The van der Waals surface area contributed by atoms with Gasteiger partial charge in [-0.3, -0.25) is 9.13 Å². The van der Waals surface area contributed by atoms with Crippen molar-refractivity contribution < 1.29 is 0 Å². The molecule has 0 saturated heterocycles. The second kappa shape index (κ2) is 14.0. The van der Waals surface area contributed by atoms with E-state index in [1.807, 2.05) is 11.3 Å². The maximum absolute atomic E-state index is 2.44. The Hall–Kier alpha value is -7.66. The molecule has 3 nitrogen and oxygen atoms in total. The third-order valence-corrected chi connectivity index (χ3v) is 13.1. The number of fused-ring (bicyclic) bond motifs is 8. The number of hydrogen-bond acceptors (Lipinski definition) is 2. The van der Waals surface area contributed by atoms with E-state index in [2.05, 4.69) is 238 Å². The average Bonchev–Trinajstić information content (AvgIpc) is 3.98. The van der Waals surface area contributed by atoms with Gasteiger partial charge < -0.3 is 4.90 Å². The highest BCUT2D eigenvalue weighted by Crippen LogP contribution is 2.46. The summed E-state index contributed by atoms with van der Waals surface area (Å²) >= 11 is 1.86. The minimum absolute atomic E-state index is 1.10. The Kier molecular flexibility index (Phi) is 8.03. The van der Waals surface area contributed by atoms with Crippen molar-refractivity contribution in [1.29, 1.82) is 0 Å². The highest BCUT2D eigenvalue weighted by molar-refractivity contribution is 7.26. The third kappa shape index (κ3) is 5.49. The van der Waals surface area contributed by atoms with E-state index in [1.54, 1.807) is 0 Å². The smallest absolute Gasteiger partial charge is 0.131 e. The Bertz CT molecular complexity index is 3500. The lowest BCUT2D eigenvalue weighted by Gasteiger charge is -2.26. The predicted molar refractivity (Wildman–Crippen MR) is 256 cm³/mol. The number of anilines is 3. The summed E-state index contributed by atoms with van der Waals surface area (Å²) in [5.41, 5.74) is 14.0. The quantitative estimate of drug-likeness (QED) is 0.157. The normalized spacial score (nSPS) is 11.7. The summed E-state index contributed by atoms with van der Waals surface area (Å²) in [6, 6.07) is 81.5. The number of hydrogen-bond donors (Lipinski definition) is 0. The van der Waals surface area contributed by atoms with E-state index in [1.165, 1.54) is 75.3 Å². The summed E-state index contributed by atoms with van der Waals surface area (Å²) in [6.07, 6.45) is 0. The number of thiophene rings is 1. The summed E-state index contributed by atoms with van der Waals surface area (Å²) in [6.45, 7) is 0. The fraction of sp³-hybridized carbons (Fsp3) is 0. The highest BCUT2D eigenvalue weighted by Gasteiger charge is 2.23. The van der Waals surface area contributed by atoms with Gasteiger partial charge in [-0.2, -0.15) is 0 Å². The fourth-order valence-corrected chi connectivity index (χ4v) is 10.4. The first kappa shape index (κ1) is 34.4. The number of para-hydroxylation sites is 3. The zero-order chi connectivity index (χ0) is 39.6. The van der Waals surface area contributed by atoms with Crippen LogP contribution in [0.15, 0.2) is 224 Å². The van der Waals surface area contributed by atoms with Crippen molar-refractivity contribution in [2.24, 2.45) is 0 Å². The van der Waals surface area contributed by atoms with Gasteiger partial charge in [-0.05, 0) is 95.1 Å². The van der Waals surface area contributed by atoms with Crippen LogP contribution in [0.25, 0.3) is 86.6 Å². The van der Waals surface area contributed by atoms with Crippen molar-refractivity contribution in [2.75, 3.05) is 4.90 Å². The van der Waals surface area contributed by atoms with Crippen molar-refractivity contribution in [3.05, 3.63) is 224 Å². The number of nitrogens with zero attached hydrogens (tertiary/aromatic N) is 3. The first-order chi connectivity index (χ1) is 29.8. The molecule has 0 unspecified atom stereocenters. The van der Waals surface area contributed by atoms with Crippen LogP contribution in [0.2, 0.25) is 0 Å². The third-order valence-electron chi connectivity index (χ3n) is 11.9. The zero-order valence-corrected chi connectivity index (χ0v) is 33.4. The van der Waals surface area contributed by atoms with Crippen LogP contribution in [-0.2, 0) is 0 Å². The minimum Gasteiger partial charge on any atom is -0.309 e. The van der Waals surface area contributed by atoms with E-state index in [0.29, 0.717) is 0 Å². The second-order valence-corrected chi connectivity index (χ2v) is 16.4. The van der Waals surface area contributed by atoms with Crippen molar-refractivity contribution >= 4 is 81.4 Å². The SMILES string of the molecule is c1ccc(-c2ccc(-c3ccc(N(c4ccc(-n5c6ccccc6c6c7ccccc7n(-c7ccccc7)c65)cc4)c4cccc5c4sc4ccccc45)cc3)cc2)cc1. The molecule has 0 aliphatic heterocycles. The molecule has 12 rings (SSSR count). The molecule has 0 radical (unpaired) electrons. The Morgan fingerprint density at radius 3 is 1.40 bits per heavy atom. The molecule has 0 N–H and O–H groups in total. The molecule has 3 heterocycles. The number of aromatic nitrogens is 2. The molecule has 12 aromatic rings. The number of benzene rings is 9. The molecule has 0 spiro atoms. The Labute approximate surface area is 351 Å². The summed E-state index contributed by atoms with van der Waals surface area (Å²) in [4.78, 5) is 2.42. The van der Waals surface area contributed by atoms with Crippen molar-refractivity contribution in [2.45, 2.75) is 0 Å². The summed E-state index contributed by atoms with van der Waals surface area (Å²) < 4.78 is 7.43. The Morgan fingerprint density at radius 1 is 0.333 bits per heavy atom. The molecule has 0 fully saturated rings. The molecule has 282 valence electrons. The monoisotopic (exact) mass is 783 g/mol. The lowest BCUT2D eigenvalue weighted by atomic mass is 10.00. The zero-order valence-electron chi connectivity index (χ0n) is 32.6. The molecule has 60 heavy (non-hydrogen) atoms. The van der Waals surface area contributed by atoms with Gasteiger partial charge in [-0.1, -0.05) is 152 Å². The molecule has 0 amide bonds. The molecule has 3 aromatic heterocycles. The molecule has 9 aromatic carbocycles. The van der Waals surface area contributed by atoms with E-state index in [9.17, 15) is 0 Å². The molecule has 0 atom stereocenters. The van der Waals surface area contributed by atoms with Gasteiger partial charge in [-0.15, -0.1) is 11.3 Å². The van der Waals surface area contributed by atoms with Crippen LogP contribution in [-0.4, -0.2) is 9.13 Å². The first-order valence-electron chi connectivity index (χ1n) is 20.4. The molecular weight excluding hydrogens is 747 g/mol. The van der Waals surface area contributed by atoms with Crippen molar-refractivity contribution in [3.63, 3.8) is 0 Å². The molecule has 4 heteroatoms. The standard InChI is InChI=1S/C56H37N3S/c1-3-14-38(15-4-1)39-26-28-40(29-27-39)41-30-32-43(33-31-41)57(52-24-13-21-47-46-18-9-12-25-53(46)60-55(47)52)44-34-36-45(37-35-44)59-51-23-11-8-20-49(51)54-48-19-7-10-22-50(48)58(56(54)59)42-16-5-2-6-17-42/h1-37H. The van der Waals surface area contributed by atoms with Crippen LogP contribution >= 0.6 is 11.3 Å². The van der Waals surface area contributed by atoms with Gasteiger partial charge in [0.25, 0.3) is 0 Å². The molecule has 0 aliphatic rings. The lowest BCUT2D eigenvalue weighted by Crippen LogP contribution is -2.10. The largest absolute Gasteiger partial charge is 0.309 e. The first-order valence-corrected chi connectivity index (χ1v) is 21.2. The van der Waals surface area contributed by atoms with Crippen LogP contribution in [0.4, 0.5) is 17.1 Å². The molecule has 0 bridgehead atoms. The van der Waals surface area contributed by atoms with E-state index < -0.39 is 0 Å². The molecular formula is C56H37N3S. The fourth-order valence-electron chi connectivity index (χ4n) is 9.17. The topological polar surface area (TPSA) is 13.1 Å². The van der Waals surface area contributed by atoms with E-state index >= 15 is 0 Å². The van der Waals surface area contributed by atoms with Gasteiger partial charge >= 0.3 is 0 Å². The van der Waals surface area contributed by atoms with Crippen molar-refractivity contribution in [3.8, 4) is 33.6 Å². The predicted octanol–water partition coefficient (Wildman–Crippen LogP) is 15.9. The van der Waals surface area contributed by atoms with Gasteiger partial charge in [0.2, 0.25) is 0 Å². The van der Waals surface area contributed by atoms with Gasteiger partial charge in [0.1, 0.15) is 5.65 Å². The Morgan fingerprint density at radius 2 is 0.783 bits per heavy atom. The minimum atomic E-state index is 1.10. The van der Waals surface area contributed by atoms with Gasteiger partial charge in [0.05, 0.1) is 21.4 Å². The number of rotatable bonds is 7. The van der Waals surface area contributed by atoms with Gasteiger partial charge in [0, 0.05) is 54.4 Å². The molecule has 0 saturated carbocycles.